The predicted molar refractivity (Wildman–Crippen MR) is 102 cm³/mol. The van der Waals surface area contributed by atoms with Crippen molar-refractivity contribution in [2.24, 2.45) is 0 Å². The highest BCUT2D eigenvalue weighted by atomic mass is 32.1. The zero-order chi connectivity index (χ0) is 19.4. The van der Waals surface area contributed by atoms with Gasteiger partial charge >= 0.3 is 5.97 Å². The number of thiophene rings is 1. The second kappa shape index (κ2) is 8.18. The predicted octanol–water partition coefficient (Wildman–Crippen LogP) is 3.91. The number of halogens is 1. The van der Waals surface area contributed by atoms with Crippen molar-refractivity contribution in [2.45, 2.75) is 19.6 Å². The molecule has 1 heterocycles. The summed E-state index contributed by atoms with van der Waals surface area (Å²) < 4.78 is 24.7. The summed E-state index contributed by atoms with van der Waals surface area (Å²) in [7, 11) is 1.58. The molecule has 0 aliphatic carbocycles. The number of rotatable bonds is 6. The minimum absolute atomic E-state index is 0.255. The quantitative estimate of drug-likeness (QED) is 0.652. The molecular formula is C20H18FNO4S. The summed E-state index contributed by atoms with van der Waals surface area (Å²) in [5.74, 6) is -0.727. The molecule has 0 bridgehead atoms. The Morgan fingerprint density at radius 1 is 1.19 bits per heavy atom. The summed E-state index contributed by atoms with van der Waals surface area (Å²) in [4.78, 5) is 24.7. The Morgan fingerprint density at radius 3 is 2.59 bits per heavy atom. The standard InChI is InChI=1S/C20H18FNO4S/c1-12(19(23)22-11-13-6-8-14(25-2)9-7-13)26-20(24)18-10-15-16(21)4-3-5-17(15)27-18/h3-10,12H,11H2,1-2H3,(H,22,23)/t12-/m1/s1. The minimum atomic E-state index is -0.967. The molecule has 3 aromatic rings. The summed E-state index contributed by atoms with van der Waals surface area (Å²) in [6.07, 6.45) is -0.967. The number of nitrogens with one attached hydrogen (secondary N) is 1. The number of hydrogen-bond donors (Lipinski definition) is 1. The maximum atomic E-state index is 13.7. The molecule has 2 aromatic carbocycles. The molecule has 27 heavy (non-hydrogen) atoms. The van der Waals surface area contributed by atoms with Gasteiger partial charge in [-0.25, -0.2) is 9.18 Å². The van der Waals surface area contributed by atoms with Crippen molar-refractivity contribution < 1.29 is 23.5 Å². The summed E-state index contributed by atoms with van der Waals surface area (Å²) in [5, 5.41) is 3.08. The van der Waals surface area contributed by atoms with Crippen molar-refractivity contribution in [3.8, 4) is 5.75 Å². The van der Waals surface area contributed by atoms with Gasteiger partial charge in [-0.3, -0.25) is 4.79 Å². The molecule has 140 valence electrons. The molecule has 1 atom stereocenters. The van der Waals surface area contributed by atoms with Crippen LogP contribution in [0.2, 0.25) is 0 Å². The molecule has 1 aromatic heterocycles. The number of ether oxygens (including phenoxy) is 2. The van der Waals surface area contributed by atoms with E-state index in [4.69, 9.17) is 9.47 Å². The molecule has 1 amide bonds. The van der Waals surface area contributed by atoms with Gasteiger partial charge in [-0.15, -0.1) is 11.3 Å². The highest BCUT2D eigenvalue weighted by molar-refractivity contribution is 7.20. The Kier molecular flexibility index (Phi) is 5.71. The summed E-state index contributed by atoms with van der Waals surface area (Å²) in [5.41, 5.74) is 0.891. The van der Waals surface area contributed by atoms with E-state index in [1.165, 1.54) is 19.1 Å². The summed E-state index contributed by atoms with van der Waals surface area (Å²) >= 11 is 1.13. The lowest BCUT2D eigenvalue weighted by atomic mass is 10.2. The van der Waals surface area contributed by atoms with Gasteiger partial charge in [-0.05, 0) is 42.8 Å². The van der Waals surface area contributed by atoms with E-state index >= 15 is 0 Å². The molecule has 0 aliphatic rings. The van der Waals surface area contributed by atoms with Crippen molar-refractivity contribution in [1.82, 2.24) is 5.32 Å². The van der Waals surface area contributed by atoms with Crippen LogP contribution in [0.1, 0.15) is 22.2 Å². The van der Waals surface area contributed by atoms with Crippen LogP contribution in [0.5, 0.6) is 5.75 Å². The summed E-state index contributed by atoms with van der Waals surface area (Å²) in [6, 6.07) is 13.3. The largest absolute Gasteiger partial charge is 0.497 e. The van der Waals surface area contributed by atoms with Crippen LogP contribution in [0, 0.1) is 5.82 Å². The van der Waals surface area contributed by atoms with Crippen LogP contribution < -0.4 is 10.1 Å². The second-order valence-electron chi connectivity index (χ2n) is 5.88. The first-order valence-electron chi connectivity index (χ1n) is 8.27. The molecule has 5 nitrogen and oxygen atoms in total. The van der Waals surface area contributed by atoms with Gasteiger partial charge in [0, 0.05) is 16.6 Å². The molecule has 0 saturated heterocycles. The number of amides is 1. The molecule has 1 N–H and O–H groups in total. The van der Waals surface area contributed by atoms with E-state index in [0.717, 1.165) is 22.6 Å². The molecule has 0 unspecified atom stereocenters. The number of fused-ring (bicyclic) bond motifs is 1. The van der Waals surface area contributed by atoms with Gasteiger partial charge in [-0.2, -0.15) is 0 Å². The van der Waals surface area contributed by atoms with Crippen LogP contribution in [0.15, 0.2) is 48.5 Å². The number of methoxy groups -OCH3 is 1. The third kappa shape index (κ3) is 4.43. The van der Waals surface area contributed by atoms with Crippen LogP contribution in [0.25, 0.3) is 10.1 Å². The Labute approximate surface area is 159 Å². The van der Waals surface area contributed by atoms with E-state index < -0.39 is 23.8 Å². The fraction of sp³-hybridized carbons (Fsp3) is 0.200. The van der Waals surface area contributed by atoms with E-state index in [0.29, 0.717) is 16.6 Å². The van der Waals surface area contributed by atoms with Crippen molar-refractivity contribution in [3.63, 3.8) is 0 Å². The van der Waals surface area contributed by atoms with E-state index in [1.807, 2.05) is 12.1 Å². The fourth-order valence-electron chi connectivity index (χ4n) is 2.47. The molecule has 3 rings (SSSR count). The van der Waals surface area contributed by atoms with Gasteiger partial charge in [0.15, 0.2) is 6.10 Å². The van der Waals surface area contributed by atoms with Gasteiger partial charge in [-0.1, -0.05) is 18.2 Å². The average molecular weight is 387 g/mol. The molecule has 0 aliphatic heterocycles. The molecular weight excluding hydrogens is 369 g/mol. The van der Waals surface area contributed by atoms with Crippen LogP contribution in [-0.2, 0) is 16.1 Å². The number of hydrogen-bond acceptors (Lipinski definition) is 5. The molecule has 0 spiro atoms. The highest BCUT2D eigenvalue weighted by Crippen LogP contribution is 2.28. The first-order chi connectivity index (χ1) is 13.0. The van der Waals surface area contributed by atoms with E-state index in [9.17, 15) is 14.0 Å². The lowest BCUT2D eigenvalue weighted by molar-refractivity contribution is -0.129. The van der Waals surface area contributed by atoms with Crippen molar-refractivity contribution in [2.75, 3.05) is 7.11 Å². The summed E-state index contributed by atoms with van der Waals surface area (Å²) in [6.45, 7) is 1.80. The SMILES string of the molecule is COc1ccc(CNC(=O)[C@@H](C)OC(=O)c2cc3c(F)cccc3s2)cc1. The molecule has 0 fully saturated rings. The Bertz CT molecular complexity index is 968. The highest BCUT2D eigenvalue weighted by Gasteiger charge is 2.20. The zero-order valence-corrected chi connectivity index (χ0v) is 15.6. The fourth-order valence-corrected chi connectivity index (χ4v) is 3.43. The first kappa shape index (κ1) is 18.8. The van der Waals surface area contributed by atoms with Crippen LogP contribution in [0.4, 0.5) is 4.39 Å². The Balaban J connectivity index is 1.57. The molecule has 7 heteroatoms. The Morgan fingerprint density at radius 2 is 1.93 bits per heavy atom. The molecule has 0 saturated carbocycles. The third-order valence-electron chi connectivity index (χ3n) is 3.99. The number of carbonyl (C=O) groups excluding carboxylic acids is 2. The normalized spacial score (nSPS) is 11.8. The van der Waals surface area contributed by atoms with Crippen molar-refractivity contribution in [1.29, 1.82) is 0 Å². The van der Waals surface area contributed by atoms with E-state index in [2.05, 4.69) is 5.32 Å². The van der Waals surface area contributed by atoms with Crippen LogP contribution >= 0.6 is 11.3 Å². The van der Waals surface area contributed by atoms with Gasteiger partial charge in [0.1, 0.15) is 16.4 Å². The van der Waals surface area contributed by atoms with E-state index in [1.54, 1.807) is 31.4 Å². The van der Waals surface area contributed by atoms with Crippen molar-refractivity contribution in [3.05, 3.63) is 64.8 Å². The van der Waals surface area contributed by atoms with Gasteiger partial charge < -0.3 is 14.8 Å². The maximum Gasteiger partial charge on any atom is 0.349 e. The lowest BCUT2D eigenvalue weighted by Gasteiger charge is -2.13. The van der Waals surface area contributed by atoms with Crippen molar-refractivity contribution >= 4 is 33.3 Å². The van der Waals surface area contributed by atoms with Crippen LogP contribution in [-0.4, -0.2) is 25.1 Å². The van der Waals surface area contributed by atoms with Gasteiger partial charge in [0.25, 0.3) is 5.91 Å². The second-order valence-corrected chi connectivity index (χ2v) is 6.96. The number of benzene rings is 2. The number of esters is 1. The lowest BCUT2D eigenvalue weighted by Crippen LogP contribution is -2.35. The van der Waals surface area contributed by atoms with E-state index in [-0.39, 0.29) is 4.88 Å². The Hall–Kier alpha value is -2.93. The topological polar surface area (TPSA) is 64.6 Å². The minimum Gasteiger partial charge on any atom is -0.497 e. The zero-order valence-electron chi connectivity index (χ0n) is 14.8. The number of carbonyl (C=O) groups is 2. The average Bonchev–Trinajstić information content (AvgIpc) is 3.12. The van der Waals surface area contributed by atoms with Crippen LogP contribution in [0.3, 0.4) is 0 Å². The monoisotopic (exact) mass is 387 g/mol. The molecule has 0 radical (unpaired) electrons. The first-order valence-corrected chi connectivity index (χ1v) is 9.09. The smallest absolute Gasteiger partial charge is 0.349 e. The van der Waals surface area contributed by atoms with Gasteiger partial charge in [0.2, 0.25) is 0 Å². The van der Waals surface area contributed by atoms with Gasteiger partial charge in [0.05, 0.1) is 7.11 Å². The maximum absolute atomic E-state index is 13.7. The third-order valence-corrected chi connectivity index (χ3v) is 5.07.